The van der Waals surface area contributed by atoms with Crippen LogP contribution in [0.2, 0.25) is 0 Å². The third-order valence-corrected chi connectivity index (χ3v) is 5.87. The van der Waals surface area contributed by atoms with Crippen molar-refractivity contribution in [2.75, 3.05) is 0 Å². The molecule has 1 aliphatic carbocycles. The summed E-state index contributed by atoms with van der Waals surface area (Å²) < 4.78 is 9.08. The van der Waals surface area contributed by atoms with Crippen LogP contribution in [0.25, 0.3) is 16.6 Å². The highest BCUT2D eigenvalue weighted by Gasteiger charge is 2.17. The lowest BCUT2D eigenvalue weighted by molar-refractivity contribution is -0.122. The van der Waals surface area contributed by atoms with Crippen molar-refractivity contribution in [1.82, 2.24) is 19.5 Å². The van der Waals surface area contributed by atoms with Crippen LogP contribution in [-0.2, 0) is 17.8 Å². The van der Waals surface area contributed by atoms with Crippen molar-refractivity contribution in [2.45, 2.75) is 84.2 Å². The van der Waals surface area contributed by atoms with Crippen molar-refractivity contribution in [3.63, 3.8) is 0 Å². The smallest absolute Gasteiger partial charge is 0.291 e. The number of hydrogen-bond acceptors (Lipinski definition) is 4. The number of furan rings is 1. The van der Waals surface area contributed by atoms with Gasteiger partial charge in [0.2, 0.25) is 5.91 Å². The molecule has 0 aromatic carbocycles. The summed E-state index contributed by atoms with van der Waals surface area (Å²) in [6.45, 7) is 4.36. The molecule has 29 heavy (non-hydrogen) atoms. The predicted molar refractivity (Wildman–Crippen MR) is 112 cm³/mol. The van der Waals surface area contributed by atoms with Crippen LogP contribution in [0.3, 0.4) is 0 Å². The monoisotopic (exact) mass is 398 g/mol. The molecular formula is C22H30N4O3. The Bertz CT molecular complexity index is 1070. The van der Waals surface area contributed by atoms with Gasteiger partial charge < -0.3 is 9.73 Å². The van der Waals surface area contributed by atoms with Gasteiger partial charge in [-0.2, -0.15) is 5.10 Å². The van der Waals surface area contributed by atoms with Gasteiger partial charge in [0.25, 0.3) is 5.56 Å². The summed E-state index contributed by atoms with van der Waals surface area (Å²) in [5.41, 5.74) is 2.02. The van der Waals surface area contributed by atoms with E-state index in [4.69, 9.17) is 4.42 Å². The van der Waals surface area contributed by atoms with Gasteiger partial charge in [-0.3, -0.25) is 14.0 Å². The number of fused-ring (bicyclic) bond motifs is 3. The van der Waals surface area contributed by atoms with E-state index in [-0.39, 0.29) is 11.5 Å². The number of amides is 1. The minimum absolute atomic E-state index is 0.0809. The van der Waals surface area contributed by atoms with E-state index in [0.29, 0.717) is 42.9 Å². The molecule has 156 valence electrons. The van der Waals surface area contributed by atoms with Gasteiger partial charge in [-0.15, -0.1) is 0 Å². The Morgan fingerprint density at radius 3 is 2.69 bits per heavy atom. The number of rotatable bonds is 6. The molecule has 1 amide bonds. The molecule has 4 rings (SSSR count). The maximum atomic E-state index is 12.9. The van der Waals surface area contributed by atoms with Gasteiger partial charge in [0.15, 0.2) is 5.58 Å². The molecule has 7 nitrogen and oxygen atoms in total. The lowest BCUT2D eigenvalue weighted by Gasteiger charge is -2.16. The number of aryl methyl sites for hydroxylation is 3. The number of nitrogens with one attached hydrogen (secondary N) is 1. The first-order valence-corrected chi connectivity index (χ1v) is 10.9. The minimum Gasteiger partial charge on any atom is -0.460 e. The lowest BCUT2D eigenvalue weighted by atomic mass is 10.1. The van der Waals surface area contributed by atoms with Gasteiger partial charge in [0.1, 0.15) is 17.1 Å². The largest absolute Gasteiger partial charge is 0.460 e. The Labute approximate surface area is 170 Å². The zero-order valence-electron chi connectivity index (χ0n) is 17.4. The van der Waals surface area contributed by atoms with Crippen molar-refractivity contribution in [2.24, 2.45) is 0 Å². The molecule has 0 aliphatic heterocycles. The van der Waals surface area contributed by atoms with Crippen LogP contribution in [0.1, 0.15) is 69.9 Å². The third kappa shape index (κ3) is 4.09. The van der Waals surface area contributed by atoms with E-state index in [2.05, 4.69) is 10.4 Å². The van der Waals surface area contributed by atoms with Crippen LogP contribution in [0, 0.1) is 6.92 Å². The summed E-state index contributed by atoms with van der Waals surface area (Å²) in [7, 11) is 0. The van der Waals surface area contributed by atoms with Crippen LogP contribution < -0.4 is 10.9 Å². The van der Waals surface area contributed by atoms with E-state index in [1.807, 2.05) is 24.3 Å². The predicted octanol–water partition coefficient (Wildman–Crippen LogP) is 3.73. The molecule has 3 aromatic heterocycles. The minimum atomic E-state index is -0.143. The molecule has 1 saturated carbocycles. The van der Waals surface area contributed by atoms with Gasteiger partial charge in [-0.05, 0) is 26.2 Å². The van der Waals surface area contributed by atoms with Crippen molar-refractivity contribution in [1.29, 1.82) is 0 Å². The molecule has 0 spiro atoms. The fourth-order valence-electron chi connectivity index (χ4n) is 4.41. The first kappa shape index (κ1) is 19.7. The number of hydrogen-bond donors (Lipinski definition) is 1. The quantitative estimate of drug-likeness (QED) is 0.642. The molecule has 0 saturated heterocycles. The molecule has 1 aliphatic rings. The number of carbonyl (C=O) groups is 1. The standard InChI is InChI=1S/C22H30N4O3/c1-3-20-24-25(12-8-11-21(27)23-16-9-6-4-5-7-10-16)22(28)18-14-19-17(26(18)20)13-15(2)29-19/h13-14,16H,3-12H2,1-2H3,(H,23,27). The fraction of sp³-hybridized carbons (Fsp3) is 0.591. The third-order valence-electron chi connectivity index (χ3n) is 5.87. The van der Waals surface area contributed by atoms with Crippen LogP contribution >= 0.6 is 0 Å². The van der Waals surface area contributed by atoms with Gasteiger partial charge >= 0.3 is 0 Å². The second kappa shape index (κ2) is 8.43. The Balaban J connectivity index is 1.46. The molecule has 1 fully saturated rings. The summed E-state index contributed by atoms with van der Waals surface area (Å²) in [6.07, 6.45) is 8.82. The molecule has 0 atom stereocenters. The molecule has 3 aromatic rings. The van der Waals surface area contributed by atoms with Gasteiger partial charge in [-0.1, -0.05) is 32.6 Å². The Morgan fingerprint density at radius 2 is 1.97 bits per heavy atom. The highest BCUT2D eigenvalue weighted by atomic mass is 16.3. The molecule has 7 heteroatoms. The highest BCUT2D eigenvalue weighted by molar-refractivity contribution is 5.83. The molecule has 3 heterocycles. The van der Waals surface area contributed by atoms with Crippen molar-refractivity contribution >= 4 is 22.5 Å². The van der Waals surface area contributed by atoms with Gasteiger partial charge in [-0.25, -0.2) is 4.68 Å². The van der Waals surface area contributed by atoms with E-state index in [1.165, 1.54) is 30.4 Å². The van der Waals surface area contributed by atoms with Gasteiger partial charge in [0.05, 0.1) is 5.52 Å². The van der Waals surface area contributed by atoms with Gasteiger partial charge in [0, 0.05) is 37.6 Å². The first-order chi connectivity index (χ1) is 14.1. The maximum Gasteiger partial charge on any atom is 0.291 e. The van der Waals surface area contributed by atoms with Crippen LogP contribution in [0.4, 0.5) is 0 Å². The Morgan fingerprint density at radius 1 is 1.21 bits per heavy atom. The van der Waals surface area contributed by atoms with Crippen LogP contribution in [0.15, 0.2) is 21.3 Å². The summed E-state index contributed by atoms with van der Waals surface area (Å²) in [6, 6.07) is 4.04. The van der Waals surface area contributed by atoms with E-state index in [1.54, 1.807) is 6.07 Å². The molecule has 0 unspecified atom stereocenters. The van der Waals surface area contributed by atoms with Crippen LogP contribution in [-0.4, -0.2) is 26.1 Å². The molecule has 1 N–H and O–H groups in total. The molecule has 0 radical (unpaired) electrons. The first-order valence-electron chi connectivity index (χ1n) is 10.9. The Hall–Kier alpha value is -2.57. The summed E-state index contributed by atoms with van der Waals surface area (Å²) >= 11 is 0. The maximum absolute atomic E-state index is 12.9. The number of nitrogens with zero attached hydrogens (tertiary/aromatic N) is 3. The summed E-state index contributed by atoms with van der Waals surface area (Å²) in [5, 5.41) is 7.74. The lowest BCUT2D eigenvalue weighted by Crippen LogP contribution is -2.34. The SMILES string of the molecule is CCc1nn(CCCC(=O)NC2CCCCCC2)c(=O)c2cc3oc(C)cc3n12. The van der Waals surface area contributed by atoms with E-state index in [9.17, 15) is 9.59 Å². The average molecular weight is 399 g/mol. The normalized spacial score (nSPS) is 15.8. The van der Waals surface area contributed by atoms with Crippen molar-refractivity contribution in [3.05, 3.63) is 34.1 Å². The topological polar surface area (TPSA) is 81.5 Å². The van der Waals surface area contributed by atoms with Crippen molar-refractivity contribution < 1.29 is 9.21 Å². The zero-order chi connectivity index (χ0) is 20.4. The van der Waals surface area contributed by atoms with E-state index in [0.717, 1.165) is 29.9 Å². The average Bonchev–Trinajstić information content (AvgIpc) is 3.10. The summed E-state index contributed by atoms with van der Waals surface area (Å²) in [5.74, 6) is 1.71. The second-order valence-electron chi connectivity index (χ2n) is 8.13. The highest BCUT2D eigenvalue weighted by Crippen LogP contribution is 2.23. The Kier molecular flexibility index (Phi) is 5.74. The molecular weight excluding hydrogens is 368 g/mol. The number of aromatic nitrogens is 3. The number of carbonyl (C=O) groups excluding carboxylic acids is 1. The fourth-order valence-corrected chi connectivity index (χ4v) is 4.41. The second-order valence-corrected chi connectivity index (χ2v) is 8.13. The van der Waals surface area contributed by atoms with E-state index >= 15 is 0 Å². The van der Waals surface area contributed by atoms with E-state index < -0.39 is 0 Å². The molecule has 0 bridgehead atoms. The zero-order valence-corrected chi connectivity index (χ0v) is 17.4. The summed E-state index contributed by atoms with van der Waals surface area (Å²) in [4.78, 5) is 25.2. The van der Waals surface area contributed by atoms with Crippen molar-refractivity contribution in [3.8, 4) is 0 Å². The van der Waals surface area contributed by atoms with Crippen LogP contribution in [0.5, 0.6) is 0 Å².